The molecule has 2 aromatic heterocycles. The van der Waals surface area contributed by atoms with Crippen molar-refractivity contribution in [3.8, 4) is 39.6 Å². The Morgan fingerprint density at radius 3 is 2.05 bits per heavy atom. The molecule has 0 saturated carbocycles. The van der Waals surface area contributed by atoms with E-state index in [9.17, 15) is 14.7 Å². The average Bonchev–Trinajstić information content (AvgIpc) is 3.71. The van der Waals surface area contributed by atoms with Crippen LogP contribution in [-0.2, 0) is 4.84 Å². The summed E-state index contributed by atoms with van der Waals surface area (Å²) in [5.41, 5.74) is 4.70. The van der Waals surface area contributed by atoms with E-state index in [0.717, 1.165) is 32.6 Å². The molecule has 0 aliphatic heterocycles. The van der Waals surface area contributed by atoms with Crippen molar-refractivity contribution in [1.29, 1.82) is 0 Å². The monoisotopic (exact) mass is 559 g/mol. The van der Waals surface area contributed by atoms with Crippen molar-refractivity contribution in [3.63, 3.8) is 0 Å². The minimum Gasteiger partial charge on any atom is -0.506 e. The number of hydroxylamine groups is 2. The van der Waals surface area contributed by atoms with Crippen LogP contribution in [0.25, 0.3) is 44.7 Å². The Balaban J connectivity index is 1.37. The Hall–Kier alpha value is -5.68. The number of rotatable bonds is 7. The Morgan fingerprint density at radius 2 is 1.40 bits per heavy atom. The third kappa shape index (κ3) is 4.67. The van der Waals surface area contributed by atoms with Crippen LogP contribution in [0.5, 0.6) is 5.75 Å². The summed E-state index contributed by atoms with van der Waals surface area (Å²) in [6.45, 7) is 1.56. The summed E-state index contributed by atoms with van der Waals surface area (Å²) < 4.78 is 3.09. The third-order valence-corrected chi connectivity index (χ3v) is 7.02. The number of aromatic hydroxyl groups is 1. The molecule has 0 radical (unpaired) electrons. The largest absolute Gasteiger partial charge is 0.506 e. The van der Waals surface area contributed by atoms with Gasteiger partial charge in [-0.1, -0.05) is 65.0 Å². The predicted octanol–water partition coefficient (Wildman–Crippen LogP) is 4.88. The number of fused-ring (bicyclic) bond motifs is 1. The molecular formula is C31H25N7O4. The van der Waals surface area contributed by atoms with Crippen LogP contribution in [0.15, 0.2) is 91.3 Å². The van der Waals surface area contributed by atoms with Crippen LogP contribution >= 0.6 is 0 Å². The van der Waals surface area contributed by atoms with E-state index in [-0.39, 0.29) is 23.1 Å². The highest BCUT2D eigenvalue weighted by atomic mass is 16.7. The quantitative estimate of drug-likeness (QED) is 0.217. The Bertz CT molecular complexity index is 1980. The minimum absolute atomic E-state index is 0.00652. The zero-order chi connectivity index (χ0) is 29.4. The number of hydrogen-bond acceptors (Lipinski definition) is 8. The number of hydrogen-bond donors (Lipinski definition) is 1. The molecule has 0 spiro atoms. The number of phenolic OH excluding ortho intramolecular Hbond substituents is 1. The molecule has 1 N–H and O–H groups in total. The van der Waals surface area contributed by atoms with Gasteiger partial charge in [0.2, 0.25) is 0 Å². The number of amides is 1. The Labute approximate surface area is 240 Å². The summed E-state index contributed by atoms with van der Waals surface area (Å²) >= 11 is 0. The Kier molecular flexibility index (Phi) is 6.77. The first-order chi connectivity index (χ1) is 20.4. The summed E-state index contributed by atoms with van der Waals surface area (Å²) in [4.78, 5) is 29.7. The zero-order valence-electron chi connectivity index (χ0n) is 23.0. The highest BCUT2D eigenvalue weighted by Gasteiger charge is 2.18. The fourth-order valence-electron chi connectivity index (χ4n) is 4.84. The van der Waals surface area contributed by atoms with E-state index in [1.54, 1.807) is 17.8 Å². The third-order valence-electron chi connectivity index (χ3n) is 7.02. The first-order valence-corrected chi connectivity index (χ1v) is 13.0. The summed E-state index contributed by atoms with van der Waals surface area (Å²) in [6, 6.07) is 23.4. The van der Waals surface area contributed by atoms with E-state index >= 15 is 0 Å². The molecule has 0 fully saturated rings. The predicted molar refractivity (Wildman–Crippen MR) is 155 cm³/mol. The average molecular weight is 560 g/mol. The first-order valence-electron chi connectivity index (χ1n) is 13.0. The zero-order valence-corrected chi connectivity index (χ0v) is 23.0. The molecule has 2 heterocycles. The molecule has 6 aromatic rings. The van der Waals surface area contributed by atoms with E-state index in [2.05, 4.69) is 20.6 Å². The van der Waals surface area contributed by atoms with Gasteiger partial charge >= 0.3 is 0 Å². The second kappa shape index (κ2) is 10.7. The number of Topliss-reactive ketones (excluding diaryl/α,β-unsaturated/α-hetero) is 1. The van der Waals surface area contributed by atoms with Gasteiger partial charge in [0.05, 0.1) is 25.2 Å². The van der Waals surface area contributed by atoms with Gasteiger partial charge in [-0.25, -0.2) is 14.4 Å². The van der Waals surface area contributed by atoms with E-state index < -0.39 is 0 Å². The van der Waals surface area contributed by atoms with Crippen molar-refractivity contribution in [2.75, 3.05) is 14.2 Å². The topological polar surface area (TPSA) is 128 Å². The first kappa shape index (κ1) is 26.5. The van der Waals surface area contributed by atoms with Crippen LogP contribution in [0.4, 0.5) is 0 Å². The summed E-state index contributed by atoms with van der Waals surface area (Å²) in [6.07, 6.45) is 3.49. The maximum Gasteiger partial charge on any atom is 0.277 e. The molecule has 1 amide bonds. The van der Waals surface area contributed by atoms with Gasteiger partial charge < -0.3 is 5.11 Å². The number of carbonyl (C=O) groups is 2. The van der Waals surface area contributed by atoms with Crippen LogP contribution in [-0.4, -0.2) is 66.0 Å². The minimum atomic E-state index is -0.378. The molecule has 4 aromatic carbocycles. The maximum absolute atomic E-state index is 12.6. The van der Waals surface area contributed by atoms with Crippen LogP contribution in [0, 0.1) is 0 Å². The SMILES string of the molecule is CON(C)C(=O)c1ccc(O)c(-n2cc(-c3ccccc3-c3cn(-c4cccc5c(C(C)=O)cccc45)nn3)nn2)c1. The molecule has 0 saturated heterocycles. The highest BCUT2D eigenvalue weighted by molar-refractivity contribution is 6.08. The molecule has 0 unspecified atom stereocenters. The number of carbonyl (C=O) groups excluding carboxylic acids is 2. The fourth-order valence-corrected chi connectivity index (χ4v) is 4.84. The normalized spacial score (nSPS) is 11.1. The molecule has 6 rings (SSSR count). The van der Waals surface area contributed by atoms with Crippen molar-refractivity contribution >= 4 is 22.5 Å². The molecule has 0 bridgehead atoms. The number of nitrogens with zero attached hydrogens (tertiary/aromatic N) is 7. The van der Waals surface area contributed by atoms with Gasteiger partial charge in [-0.15, -0.1) is 10.2 Å². The lowest BCUT2D eigenvalue weighted by Gasteiger charge is -2.14. The molecule has 0 aliphatic rings. The van der Waals surface area contributed by atoms with Gasteiger partial charge in [0, 0.05) is 34.7 Å². The molecule has 208 valence electrons. The number of aromatic nitrogens is 6. The van der Waals surface area contributed by atoms with Crippen molar-refractivity contribution in [2.45, 2.75) is 6.92 Å². The highest BCUT2D eigenvalue weighted by Crippen LogP contribution is 2.32. The van der Waals surface area contributed by atoms with E-state index in [1.807, 2.05) is 66.9 Å². The van der Waals surface area contributed by atoms with E-state index in [4.69, 9.17) is 4.84 Å². The van der Waals surface area contributed by atoms with Crippen molar-refractivity contribution in [3.05, 3.63) is 102 Å². The lowest BCUT2D eigenvalue weighted by atomic mass is 10.0. The Morgan fingerprint density at radius 1 is 0.786 bits per heavy atom. The lowest BCUT2D eigenvalue weighted by Crippen LogP contribution is -2.25. The van der Waals surface area contributed by atoms with Crippen LogP contribution in [0.1, 0.15) is 27.6 Å². The smallest absolute Gasteiger partial charge is 0.277 e. The lowest BCUT2D eigenvalue weighted by molar-refractivity contribution is -0.0757. The molecule has 0 atom stereocenters. The summed E-state index contributed by atoms with van der Waals surface area (Å²) in [5, 5.41) is 30.7. The van der Waals surface area contributed by atoms with Crippen LogP contribution < -0.4 is 0 Å². The fraction of sp³-hybridized carbons (Fsp3) is 0.0968. The van der Waals surface area contributed by atoms with Gasteiger partial charge in [-0.2, -0.15) is 0 Å². The number of phenols is 1. The molecule has 11 nitrogen and oxygen atoms in total. The molecular weight excluding hydrogens is 534 g/mol. The van der Waals surface area contributed by atoms with Crippen molar-refractivity contribution < 1.29 is 19.5 Å². The standard InChI is InChI=1S/C31H25N7O4/c1-19(39)21-10-6-12-25-22(21)11-7-13-28(25)37-17-26(32-34-37)23-8-4-5-9-24(23)27-18-38(35-33-27)29-16-20(14-15-30(29)40)31(41)36(2)42-3/h4-18,40H,1-3H3. The van der Waals surface area contributed by atoms with Crippen molar-refractivity contribution in [1.82, 2.24) is 35.1 Å². The summed E-state index contributed by atoms with van der Waals surface area (Å²) in [5.74, 6) is -0.452. The number of ketones is 1. The van der Waals surface area contributed by atoms with E-state index in [0.29, 0.717) is 22.5 Å². The van der Waals surface area contributed by atoms with Gasteiger partial charge in [-0.05, 0) is 36.6 Å². The second-order valence-corrected chi connectivity index (χ2v) is 9.56. The maximum atomic E-state index is 12.6. The molecule has 0 aliphatic carbocycles. The number of benzene rings is 4. The van der Waals surface area contributed by atoms with Gasteiger partial charge in [0.1, 0.15) is 22.8 Å². The van der Waals surface area contributed by atoms with E-state index in [1.165, 1.54) is 37.0 Å². The van der Waals surface area contributed by atoms with Gasteiger partial charge in [-0.3, -0.25) is 14.4 Å². The van der Waals surface area contributed by atoms with Crippen molar-refractivity contribution in [2.24, 2.45) is 0 Å². The summed E-state index contributed by atoms with van der Waals surface area (Å²) in [7, 11) is 2.89. The van der Waals surface area contributed by atoms with Gasteiger partial charge in [0.25, 0.3) is 5.91 Å². The van der Waals surface area contributed by atoms with Gasteiger partial charge in [0.15, 0.2) is 5.78 Å². The second-order valence-electron chi connectivity index (χ2n) is 9.56. The molecule has 42 heavy (non-hydrogen) atoms. The van der Waals surface area contributed by atoms with Crippen LogP contribution in [0.2, 0.25) is 0 Å². The molecule has 11 heteroatoms. The van der Waals surface area contributed by atoms with Crippen LogP contribution in [0.3, 0.4) is 0 Å².